The Kier molecular flexibility index (Phi) is 5.25. The van der Waals surface area contributed by atoms with Crippen molar-refractivity contribution >= 4 is 17.6 Å². The van der Waals surface area contributed by atoms with Gasteiger partial charge in [0.15, 0.2) is 0 Å². The highest BCUT2D eigenvalue weighted by molar-refractivity contribution is 6.03. The van der Waals surface area contributed by atoms with Crippen molar-refractivity contribution in [1.29, 1.82) is 0 Å². The molecule has 0 aliphatic rings. The Bertz CT molecular complexity index is 1110. The highest BCUT2D eigenvalue weighted by Gasteiger charge is 2.19. The number of anilines is 1. The molecule has 0 unspecified atom stereocenters. The van der Waals surface area contributed by atoms with Crippen LogP contribution in [0.2, 0.25) is 0 Å². The third-order valence-electron chi connectivity index (χ3n) is 3.74. The van der Waals surface area contributed by atoms with Gasteiger partial charge in [-0.15, -0.1) is 0 Å². The monoisotopic (exact) mass is 385 g/mol. The van der Waals surface area contributed by atoms with Crippen molar-refractivity contribution in [3.63, 3.8) is 0 Å². The molecule has 0 atom stereocenters. The summed E-state index contributed by atoms with van der Waals surface area (Å²) in [7, 11) is 1.04. The van der Waals surface area contributed by atoms with Crippen LogP contribution in [0.5, 0.6) is 0 Å². The van der Waals surface area contributed by atoms with E-state index < -0.39 is 40.3 Å². The molecule has 3 aromatic rings. The zero-order valence-electron chi connectivity index (χ0n) is 14.5. The van der Waals surface area contributed by atoms with Gasteiger partial charge in [0.05, 0.1) is 24.0 Å². The second-order valence-electron chi connectivity index (χ2n) is 5.56. The Hall–Kier alpha value is -3.88. The quantitative estimate of drug-likeness (QED) is 0.697. The fourth-order valence-corrected chi connectivity index (χ4v) is 2.38. The van der Waals surface area contributed by atoms with E-state index in [9.17, 15) is 23.2 Å². The second-order valence-corrected chi connectivity index (χ2v) is 5.56. The van der Waals surface area contributed by atoms with E-state index >= 15 is 0 Å². The number of ether oxygens (including phenoxy) is 1. The summed E-state index contributed by atoms with van der Waals surface area (Å²) in [5.74, 6) is -4.09. The van der Waals surface area contributed by atoms with Gasteiger partial charge in [0.2, 0.25) is 0 Å². The van der Waals surface area contributed by atoms with Crippen LogP contribution in [0.15, 0.2) is 59.4 Å². The summed E-state index contributed by atoms with van der Waals surface area (Å²) in [6.45, 7) is 0. The first-order valence-electron chi connectivity index (χ1n) is 7.95. The topological polar surface area (TPSA) is 90.3 Å². The number of carbonyl (C=O) groups excluding carboxylic acids is 2. The lowest BCUT2D eigenvalue weighted by atomic mass is 10.1. The van der Waals surface area contributed by atoms with Crippen molar-refractivity contribution in [3.05, 3.63) is 87.8 Å². The van der Waals surface area contributed by atoms with Gasteiger partial charge in [-0.05, 0) is 24.3 Å². The van der Waals surface area contributed by atoms with Crippen LogP contribution in [0.1, 0.15) is 20.8 Å². The van der Waals surface area contributed by atoms with E-state index in [0.717, 1.165) is 23.9 Å². The first-order chi connectivity index (χ1) is 13.4. The first-order valence-corrected chi connectivity index (χ1v) is 7.95. The number of aromatic nitrogens is 2. The average molecular weight is 385 g/mol. The van der Waals surface area contributed by atoms with Crippen LogP contribution < -0.4 is 10.9 Å². The molecule has 3 rings (SSSR count). The molecule has 7 nitrogen and oxygen atoms in total. The number of carbonyl (C=O) groups is 2. The highest BCUT2D eigenvalue weighted by Crippen LogP contribution is 2.21. The Balaban J connectivity index is 1.94. The number of para-hydroxylation sites is 1. The lowest BCUT2D eigenvalue weighted by Gasteiger charge is -2.10. The maximum Gasteiger partial charge on any atom is 0.340 e. The number of benzene rings is 2. The SMILES string of the molecule is COC(=O)c1cc(NC(=O)c2ccc(=O)n(-c3ccccc3)n2)c(F)cc1F. The molecule has 1 amide bonds. The third kappa shape index (κ3) is 3.78. The van der Waals surface area contributed by atoms with Crippen LogP contribution in [-0.4, -0.2) is 28.8 Å². The van der Waals surface area contributed by atoms with Gasteiger partial charge in [-0.2, -0.15) is 9.78 Å². The van der Waals surface area contributed by atoms with Gasteiger partial charge in [0.1, 0.15) is 17.3 Å². The molecule has 9 heteroatoms. The number of methoxy groups -OCH3 is 1. The van der Waals surface area contributed by atoms with Gasteiger partial charge < -0.3 is 10.1 Å². The van der Waals surface area contributed by atoms with E-state index in [1.54, 1.807) is 30.3 Å². The van der Waals surface area contributed by atoms with Gasteiger partial charge in [0.25, 0.3) is 11.5 Å². The molecule has 0 bridgehead atoms. The predicted molar refractivity (Wildman–Crippen MR) is 95.5 cm³/mol. The normalized spacial score (nSPS) is 10.4. The van der Waals surface area contributed by atoms with E-state index in [0.29, 0.717) is 11.8 Å². The highest BCUT2D eigenvalue weighted by atomic mass is 19.1. The van der Waals surface area contributed by atoms with Gasteiger partial charge in [-0.3, -0.25) is 9.59 Å². The fourth-order valence-electron chi connectivity index (χ4n) is 2.38. The minimum Gasteiger partial charge on any atom is -0.465 e. The van der Waals surface area contributed by atoms with Gasteiger partial charge in [0, 0.05) is 12.1 Å². The summed E-state index contributed by atoms with van der Waals surface area (Å²) >= 11 is 0. The summed E-state index contributed by atoms with van der Waals surface area (Å²) in [4.78, 5) is 36.0. The molecule has 142 valence electrons. The zero-order valence-corrected chi connectivity index (χ0v) is 14.5. The van der Waals surface area contributed by atoms with Crippen molar-refractivity contribution in [1.82, 2.24) is 9.78 Å². The largest absolute Gasteiger partial charge is 0.465 e. The molecule has 1 heterocycles. The maximum absolute atomic E-state index is 14.0. The van der Waals surface area contributed by atoms with E-state index in [4.69, 9.17) is 0 Å². The minimum absolute atomic E-state index is 0.188. The summed E-state index contributed by atoms with van der Waals surface area (Å²) in [5.41, 5.74) is -1.20. The molecule has 0 aliphatic heterocycles. The predicted octanol–water partition coefficient (Wildman–Crippen LogP) is 2.55. The van der Waals surface area contributed by atoms with Crippen molar-refractivity contribution < 1.29 is 23.1 Å². The molecule has 0 radical (unpaired) electrons. The number of hydrogen-bond acceptors (Lipinski definition) is 5. The molecule has 1 aromatic heterocycles. The van der Waals surface area contributed by atoms with E-state index in [2.05, 4.69) is 15.2 Å². The van der Waals surface area contributed by atoms with Gasteiger partial charge in [-0.1, -0.05) is 18.2 Å². The second kappa shape index (κ2) is 7.78. The molecule has 0 fully saturated rings. The van der Waals surface area contributed by atoms with Crippen LogP contribution >= 0.6 is 0 Å². The van der Waals surface area contributed by atoms with Crippen LogP contribution in [-0.2, 0) is 4.74 Å². The number of rotatable bonds is 4. The van der Waals surface area contributed by atoms with Crippen LogP contribution in [0.25, 0.3) is 5.69 Å². The molecule has 0 aliphatic carbocycles. The Labute approximate surface area is 157 Å². The lowest BCUT2D eigenvalue weighted by Crippen LogP contribution is -2.25. The number of amides is 1. The van der Waals surface area contributed by atoms with Crippen molar-refractivity contribution in [3.8, 4) is 5.69 Å². The van der Waals surface area contributed by atoms with E-state index in [1.807, 2.05) is 0 Å². The summed E-state index contributed by atoms with van der Waals surface area (Å²) in [6.07, 6.45) is 0. The molecule has 0 saturated carbocycles. The van der Waals surface area contributed by atoms with Gasteiger partial charge >= 0.3 is 5.97 Å². The molecule has 28 heavy (non-hydrogen) atoms. The summed E-state index contributed by atoms with van der Waals surface area (Å²) in [5, 5.41) is 6.17. The first kappa shape index (κ1) is 18.9. The molecule has 0 saturated heterocycles. The molecule has 0 spiro atoms. The van der Waals surface area contributed by atoms with E-state index in [1.165, 1.54) is 6.07 Å². The fraction of sp³-hybridized carbons (Fsp3) is 0.0526. The summed E-state index contributed by atoms with van der Waals surface area (Å²) in [6, 6.07) is 12.0. The van der Waals surface area contributed by atoms with Crippen LogP contribution in [0.3, 0.4) is 0 Å². The molecular weight excluding hydrogens is 372 g/mol. The van der Waals surface area contributed by atoms with Crippen LogP contribution in [0, 0.1) is 11.6 Å². The number of esters is 1. The molecular formula is C19H13F2N3O4. The Morgan fingerprint density at radius 3 is 2.43 bits per heavy atom. The molecule has 1 N–H and O–H groups in total. The summed E-state index contributed by atoms with van der Waals surface area (Å²) < 4.78 is 33.1. The minimum atomic E-state index is -1.13. The smallest absolute Gasteiger partial charge is 0.340 e. The third-order valence-corrected chi connectivity index (χ3v) is 3.74. The van der Waals surface area contributed by atoms with Crippen LogP contribution in [0.4, 0.5) is 14.5 Å². The number of halogens is 2. The number of nitrogens with one attached hydrogen (secondary N) is 1. The maximum atomic E-state index is 14.0. The lowest BCUT2D eigenvalue weighted by molar-refractivity contribution is 0.0595. The van der Waals surface area contributed by atoms with Crippen molar-refractivity contribution in [2.24, 2.45) is 0 Å². The van der Waals surface area contributed by atoms with Gasteiger partial charge in [-0.25, -0.2) is 13.6 Å². The number of hydrogen-bond donors (Lipinski definition) is 1. The Morgan fingerprint density at radius 2 is 1.75 bits per heavy atom. The standard InChI is InChI=1S/C19H13F2N3O4/c1-28-19(27)12-9-16(14(21)10-13(12)20)22-18(26)15-7-8-17(25)24(23-15)11-5-3-2-4-6-11/h2-10H,1H3,(H,22,26). The van der Waals surface area contributed by atoms with Crippen molar-refractivity contribution in [2.75, 3.05) is 12.4 Å². The van der Waals surface area contributed by atoms with E-state index in [-0.39, 0.29) is 5.69 Å². The number of nitrogens with zero attached hydrogens (tertiary/aromatic N) is 2. The molecule has 2 aromatic carbocycles. The Morgan fingerprint density at radius 1 is 1.04 bits per heavy atom. The average Bonchev–Trinajstić information content (AvgIpc) is 2.70. The van der Waals surface area contributed by atoms with Crippen molar-refractivity contribution in [2.45, 2.75) is 0 Å². The zero-order chi connectivity index (χ0) is 20.3.